The van der Waals surface area contributed by atoms with Gasteiger partial charge in [-0.15, -0.1) is 21.5 Å². The normalized spacial score (nSPS) is 24.5. The molecule has 6 nitrogen and oxygen atoms in total. The fraction of sp³-hybridized carbons (Fsp3) is 0.500. The summed E-state index contributed by atoms with van der Waals surface area (Å²) in [5.74, 6) is 0.609. The smallest absolute Gasteiger partial charge is 0.191 e. The van der Waals surface area contributed by atoms with Crippen molar-refractivity contribution < 1.29 is 13.5 Å². The summed E-state index contributed by atoms with van der Waals surface area (Å²) in [5, 5.41) is 20.5. The lowest BCUT2D eigenvalue weighted by molar-refractivity contribution is 0.207. The third kappa shape index (κ3) is 3.01. The SMILES string of the molecule is CCn1c(S[C@H]2CS(=O)(=O)C[C@@H]2O)nnc1-c1cccs1. The van der Waals surface area contributed by atoms with E-state index < -0.39 is 15.9 Å². The second-order valence-electron chi connectivity index (χ2n) is 4.83. The van der Waals surface area contributed by atoms with Gasteiger partial charge in [0.25, 0.3) is 0 Å². The van der Waals surface area contributed by atoms with Crippen LogP contribution in [-0.4, -0.2) is 51.1 Å². The van der Waals surface area contributed by atoms with Crippen LogP contribution in [-0.2, 0) is 16.4 Å². The molecule has 1 aliphatic rings. The molecule has 0 saturated carbocycles. The van der Waals surface area contributed by atoms with Gasteiger partial charge in [0.2, 0.25) is 0 Å². The first kappa shape index (κ1) is 15.0. The van der Waals surface area contributed by atoms with Gasteiger partial charge in [-0.2, -0.15) is 0 Å². The summed E-state index contributed by atoms with van der Waals surface area (Å²) >= 11 is 2.88. The molecule has 1 fully saturated rings. The Kier molecular flexibility index (Phi) is 4.08. The van der Waals surface area contributed by atoms with Crippen molar-refractivity contribution in [3.8, 4) is 10.7 Å². The maximum absolute atomic E-state index is 11.6. The number of rotatable bonds is 4. The summed E-state index contributed by atoms with van der Waals surface area (Å²) in [5.41, 5.74) is 0. The van der Waals surface area contributed by atoms with E-state index in [0.717, 1.165) is 10.7 Å². The van der Waals surface area contributed by atoms with E-state index in [9.17, 15) is 13.5 Å². The number of aliphatic hydroxyl groups is 1. The third-order valence-electron chi connectivity index (χ3n) is 3.30. The minimum Gasteiger partial charge on any atom is -0.391 e. The number of hydrogen-bond acceptors (Lipinski definition) is 7. The summed E-state index contributed by atoms with van der Waals surface area (Å²) in [6.45, 7) is 2.68. The standard InChI is InChI=1S/C12H15N3O3S3/c1-2-15-11(9-4-3-5-19-9)13-14-12(15)20-10-7-21(17,18)6-8(10)16/h3-5,8,10,16H,2,6-7H2,1H3/t8-,10-/m0/s1. The van der Waals surface area contributed by atoms with Gasteiger partial charge in [-0.1, -0.05) is 17.8 Å². The molecule has 2 atom stereocenters. The number of nitrogens with zero attached hydrogens (tertiary/aromatic N) is 3. The summed E-state index contributed by atoms with van der Waals surface area (Å²) in [6, 6.07) is 3.93. The average molecular weight is 345 g/mol. The predicted octanol–water partition coefficient (Wildman–Crippen LogP) is 1.28. The molecule has 0 amide bonds. The van der Waals surface area contributed by atoms with E-state index in [1.165, 1.54) is 11.8 Å². The molecule has 2 aromatic heterocycles. The van der Waals surface area contributed by atoms with Gasteiger partial charge in [-0.25, -0.2) is 8.42 Å². The minimum atomic E-state index is -3.15. The van der Waals surface area contributed by atoms with E-state index in [1.54, 1.807) is 11.3 Å². The maximum atomic E-state index is 11.6. The van der Waals surface area contributed by atoms with Crippen molar-refractivity contribution in [2.75, 3.05) is 11.5 Å². The number of aliphatic hydroxyl groups excluding tert-OH is 1. The summed E-state index contributed by atoms with van der Waals surface area (Å²) < 4.78 is 25.1. The predicted molar refractivity (Wildman–Crippen MR) is 83.3 cm³/mol. The molecular weight excluding hydrogens is 330 g/mol. The number of aromatic nitrogens is 3. The first-order valence-electron chi connectivity index (χ1n) is 6.52. The quantitative estimate of drug-likeness (QED) is 0.898. The number of hydrogen-bond donors (Lipinski definition) is 1. The van der Waals surface area contributed by atoms with Crippen molar-refractivity contribution in [2.24, 2.45) is 0 Å². The molecule has 114 valence electrons. The molecule has 0 bridgehead atoms. The fourth-order valence-electron chi connectivity index (χ4n) is 2.29. The molecule has 0 aliphatic carbocycles. The molecule has 3 rings (SSSR count). The Morgan fingerprint density at radius 2 is 2.29 bits per heavy atom. The molecule has 0 aromatic carbocycles. The highest BCUT2D eigenvalue weighted by Crippen LogP contribution is 2.33. The molecule has 3 heterocycles. The molecule has 9 heteroatoms. The zero-order valence-electron chi connectivity index (χ0n) is 11.3. The van der Waals surface area contributed by atoms with Crippen LogP contribution in [0.25, 0.3) is 10.7 Å². The van der Waals surface area contributed by atoms with Crippen LogP contribution in [0, 0.1) is 0 Å². The van der Waals surface area contributed by atoms with Crippen LogP contribution in [0.3, 0.4) is 0 Å². The van der Waals surface area contributed by atoms with Crippen LogP contribution in [0.4, 0.5) is 0 Å². The molecule has 0 spiro atoms. The van der Waals surface area contributed by atoms with Gasteiger partial charge in [-0.05, 0) is 18.4 Å². The maximum Gasteiger partial charge on any atom is 0.191 e. The van der Waals surface area contributed by atoms with E-state index in [4.69, 9.17) is 0 Å². The van der Waals surface area contributed by atoms with Gasteiger partial charge < -0.3 is 9.67 Å². The van der Waals surface area contributed by atoms with E-state index in [0.29, 0.717) is 11.7 Å². The molecule has 2 aromatic rings. The first-order chi connectivity index (χ1) is 10.00. The number of sulfone groups is 1. The van der Waals surface area contributed by atoms with Crippen molar-refractivity contribution in [3.05, 3.63) is 17.5 Å². The lowest BCUT2D eigenvalue weighted by atomic mass is 10.3. The van der Waals surface area contributed by atoms with Crippen molar-refractivity contribution in [1.82, 2.24) is 14.8 Å². The second-order valence-corrected chi connectivity index (χ2v) is 9.14. The van der Waals surface area contributed by atoms with E-state index >= 15 is 0 Å². The molecule has 1 saturated heterocycles. The van der Waals surface area contributed by atoms with Gasteiger partial charge in [0.15, 0.2) is 20.8 Å². The molecule has 1 N–H and O–H groups in total. The fourth-order valence-corrected chi connectivity index (χ4v) is 6.59. The van der Waals surface area contributed by atoms with Crippen LogP contribution >= 0.6 is 23.1 Å². The van der Waals surface area contributed by atoms with Crippen molar-refractivity contribution in [3.63, 3.8) is 0 Å². The first-order valence-corrected chi connectivity index (χ1v) is 10.1. The topological polar surface area (TPSA) is 85.1 Å². The van der Waals surface area contributed by atoms with Crippen LogP contribution < -0.4 is 0 Å². The highest BCUT2D eigenvalue weighted by molar-refractivity contribution is 8.01. The van der Waals surface area contributed by atoms with Crippen LogP contribution in [0.1, 0.15) is 6.92 Å². The Labute approximate surface area is 131 Å². The van der Waals surface area contributed by atoms with Crippen LogP contribution in [0.2, 0.25) is 0 Å². The van der Waals surface area contributed by atoms with Gasteiger partial charge in [0.05, 0.1) is 27.7 Å². The Balaban J connectivity index is 1.87. The van der Waals surface area contributed by atoms with Crippen LogP contribution in [0.15, 0.2) is 22.7 Å². The highest BCUT2D eigenvalue weighted by Gasteiger charge is 2.38. The molecule has 0 radical (unpaired) electrons. The number of thiophene rings is 1. The highest BCUT2D eigenvalue weighted by atomic mass is 32.2. The summed E-state index contributed by atoms with van der Waals surface area (Å²) in [6.07, 6.45) is -0.841. The minimum absolute atomic E-state index is 0.0102. The van der Waals surface area contributed by atoms with Crippen molar-refractivity contribution in [1.29, 1.82) is 0 Å². The van der Waals surface area contributed by atoms with E-state index in [1.807, 2.05) is 29.0 Å². The van der Waals surface area contributed by atoms with Crippen LogP contribution in [0.5, 0.6) is 0 Å². The van der Waals surface area contributed by atoms with Gasteiger partial charge in [0, 0.05) is 6.54 Å². The largest absolute Gasteiger partial charge is 0.391 e. The monoisotopic (exact) mass is 345 g/mol. The lowest BCUT2D eigenvalue weighted by Crippen LogP contribution is -2.20. The Morgan fingerprint density at radius 1 is 1.48 bits per heavy atom. The average Bonchev–Trinajstić information content (AvgIpc) is 3.09. The van der Waals surface area contributed by atoms with Gasteiger partial charge in [0.1, 0.15) is 0 Å². The molecule has 21 heavy (non-hydrogen) atoms. The molecule has 0 unspecified atom stereocenters. The summed E-state index contributed by atoms with van der Waals surface area (Å²) in [7, 11) is -3.15. The van der Waals surface area contributed by atoms with Crippen molar-refractivity contribution in [2.45, 2.75) is 30.0 Å². The third-order valence-corrected chi connectivity index (χ3v) is 7.39. The van der Waals surface area contributed by atoms with E-state index in [2.05, 4.69) is 10.2 Å². The van der Waals surface area contributed by atoms with Gasteiger partial charge >= 0.3 is 0 Å². The van der Waals surface area contributed by atoms with Gasteiger partial charge in [-0.3, -0.25) is 0 Å². The molecular formula is C12H15N3O3S3. The van der Waals surface area contributed by atoms with Crippen molar-refractivity contribution >= 4 is 32.9 Å². The second kappa shape index (κ2) is 5.71. The summed E-state index contributed by atoms with van der Waals surface area (Å²) in [4.78, 5) is 1.02. The molecule has 1 aliphatic heterocycles. The Bertz CT molecular complexity index is 724. The zero-order valence-corrected chi connectivity index (χ0v) is 13.8. The zero-order chi connectivity index (χ0) is 15.0. The Morgan fingerprint density at radius 3 is 2.86 bits per heavy atom. The van der Waals surface area contributed by atoms with E-state index in [-0.39, 0.29) is 16.8 Å². The Hall–Kier alpha value is -0.900. The lowest BCUT2D eigenvalue weighted by Gasteiger charge is -2.12. The number of thioether (sulfide) groups is 1.